The first-order chi connectivity index (χ1) is 7.42. The first kappa shape index (κ1) is 14.9. The Morgan fingerprint density at radius 3 is 2.25 bits per heavy atom. The number of hydrogen-bond acceptors (Lipinski definition) is 4. The van der Waals surface area contributed by atoms with Crippen LogP contribution in [0.25, 0.3) is 0 Å². The fourth-order valence-electron chi connectivity index (χ4n) is 1.45. The molecule has 0 radical (unpaired) electrons. The van der Waals surface area contributed by atoms with Gasteiger partial charge < -0.3 is 15.2 Å². The number of nitrogens with one attached hydrogen (secondary N) is 1. The van der Waals surface area contributed by atoms with Gasteiger partial charge in [0.25, 0.3) is 0 Å². The Morgan fingerprint density at radius 2 is 1.88 bits per heavy atom. The molecule has 5 heteroatoms. The summed E-state index contributed by atoms with van der Waals surface area (Å²) in [5.74, 6) is -0.643. The number of ether oxygens (including phenoxy) is 1. The number of methoxy groups -OCH3 is 1. The van der Waals surface area contributed by atoms with Gasteiger partial charge in [0.15, 0.2) is 6.04 Å². The Balaban J connectivity index is 4.24. The van der Waals surface area contributed by atoms with Crippen LogP contribution in [-0.2, 0) is 14.3 Å². The van der Waals surface area contributed by atoms with E-state index in [-0.39, 0.29) is 11.8 Å². The van der Waals surface area contributed by atoms with E-state index < -0.39 is 18.6 Å². The molecule has 0 saturated carbocycles. The van der Waals surface area contributed by atoms with E-state index in [0.717, 1.165) is 6.42 Å². The number of carbonyl (C=O) groups excluding carboxylic acids is 2. The summed E-state index contributed by atoms with van der Waals surface area (Å²) in [4.78, 5) is 22.8. The lowest BCUT2D eigenvalue weighted by Crippen LogP contribution is -2.46. The molecule has 0 saturated heterocycles. The maximum absolute atomic E-state index is 11.6. The normalized spacial score (nSPS) is 14.4. The van der Waals surface area contributed by atoms with Gasteiger partial charge in [-0.2, -0.15) is 0 Å². The minimum atomic E-state index is -0.966. The van der Waals surface area contributed by atoms with Crippen molar-refractivity contribution in [3.63, 3.8) is 0 Å². The molecule has 2 N–H and O–H groups in total. The van der Waals surface area contributed by atoms with Crippen LogP contribution in [0.1, 0.15) is 27.2 Å². The van der Waals surface area contributed by atoms with Crippen LogP contribution in [0.15, 0.2) is 0 Å². The van der Waals surface area contributed by atoms with Gasteiger partial charge in [0, 0.05) is 5.92 Å². The molecule has 0 spiro atoms. The zero-order valence-corrected chi connectivity index (χ0v) is 10.3. The Kier molecular flexibility index (Phi) is 6.72. The van der Waals surface area contributed by atoms with Crippen LogP contribution in [0, 0.1) is 11.8 Å². The summed E-state index contributed by atoms with van der Waals surface area (Å²) in [6.07, 6.45) is 0.741. The molecule has 0 aliphatic heterocycles. The van der Waals surface area contributed by atoms with Crippen molar-refractivity contribution in [3.8, 4) is 0 Å². The predicted molar refractivity (Wildman–Crippen MR) is 59.7 cm³/mol. The molecular formula is C11H21NO4. The Morgan fingerprint density at radius 1 is 1.31 bits per heavy atom. The second-order valence-electron chi connectivity index (χ2n) is 4.30. The summed E-state index contributed by atoms with van der Waals surface area (Å²) in [5.41, 5.74) is 0. The third-order valence-corrected chi connectivity index (χ3v) is 2.26. The zero-order chi connectivity index (χ0) is 12.7. The summed E-state index contributed by atoms with van der Waals surface area (Å²) >= 11 is 0. The van der Waals surface area contributed by atoms with Crippen molar-refractivity contribution in [2.24, 2.45) is 11.8 Å². The number of aliphatic hydroxyl groups excluding tert-OH is 1. The number of carbonyl (C=O) groups is 2. The van der Waals surface area contributed by atoms with Crippen molar-refractivity contribution < 1.29 is 19.4 Å². The first-order valence-electron chi connectivity index (χ1n) is 5.41. The summed E-state index contributed by atoms with van der Waals surface area (Å²) < 4.78 is 4.45. The average Bonchev–Trinajstić information content (AvgIpc) is 2.23. The summed E-state index contributed by atoms with van der Waals surface area (Å²) in [7, 11) is 1.22. The maximum Gasteiger partial charge on any atom is 0.330 e. The van der Waals surface area contributed by atoms with Crippen molar-refractivity contribution >= 4 is 11.9 Å². The summed E-state index contributed by atoms with van der Waals surface area (Å²) in [6, 6.07) is -0.966. The standard InChI is InChI=1S/C11H21NO4/c1-7(2)5-8(3)10(14)12-9(6-13)11(15)16-4/h7-9,13H,5-6H2,1-4H3,(H,12,14)/t8?,9-/m0/s1. The maximum atomic E-state index is 11.6. The highest BCUT2D eigenvalue weighted by molar-refractivity contribution is 5.85. The van der Waals surface area contributed by atoms with Crippen LogP contribution in [0.4, 0.5) is 0 Å². The smallest absolute Gasteiger partial charge is 0.330 e. The van der Waals surface area contributed by atoms with Crippen molar-refractivity contribution in [1.29, 1.82) is 0 Å². The minimum absolute atomic E-state index is 0.182. The van der Waals surface area contributed by atoms with Gasteiger partial charge >= 0.3 is 5.97 Å². The third-order valence-electron chi connectivity index (χ3n) is 2.26. The number of aliphatic hydroxyl groups is 1. The molecule has 0 aliphatic carbocycles. The Hall–Kier alpha value is -1.10. The fraction of sp³-hybridized carbons (Fsp3) is 0.818. The SMILES string of the molecule is COC(=O)[C@H](CO)NC(=O)C(C)CC(C)C. The van der Waals surface area contributed by atoms with E-state index in [1.807, 2.05) is 13.8 Å². The van der Waals surface area contributed by atoms with Gasteiger partial charge in [0.1, 0.15) is 0 Å². The number of rotatable bonds is 6. The van der Waals surface area contributed by atoms with Crippen LogP contribution >= 0.6 is 0 Å². The molecule has 0 fully saturated rings. The van der Waals surface area contributed by atoms with E-state index in [9.17, 15) is 9.59 Å². The van der Waals surface area contributed by atoms with Gasteiger partial charge in [-0.25, -0.2) is 4.79 Å². The zero-order valence-electron chi connectivity index (χ0n) is 10.3. The van der Waals surface area contributed by atoms with Crippen LogP contribution in [-0.4, -0.2) is 36.7 Å². The van der Waals surface area contributed by atoms with E-state index in [1.165, 1.54) is 7.11 Å². The van der Waals surface area contributed by atoms with Crippen LogP contribution in [0.5, 0.6) is 0 Å². The molecule has 16 heavy (non-hydrogen) atoms. The number of hydrogen-bond donors (Lipinski definition) is 2. The molecule has 0 rings (SSSR count). The second kappa shape index (κ2) is 7.22. The highest BCUT2D eigenvalue weighted by Crippen LogP contribution is 2.11. The van der Waals surface area contributed by atoms with Gasteiger partial charge in [0.2, 0.25) is 5.91 Å². The number of amides is 1. The molecule has 94 valence electrons. The monoisotopic (exact) mass is 231 g/mol. The van der Waals surface area contributed by atoms with E-state index in [0.29, 0.717) is 5.92 Å². The van der Waals surface area contributed by atoms with Crippen molar-refractivity contribution in [2.45, 2.75) is 33.2 Å². The van der Waals surface area contributed by atoms with Crippen molar-refractivity contribution in [2.75, 3.05) is 13.7 Å². The van der Waals surface area contributed by atoms with Gasteiger partial charge in [-0.15, -0.1) is 0 Å². The predicted octanol–water partition coefficient (Wildman–Crippen LogP) is 0.319. The van der Waals surface area contributed by atoms with E-state index in [1.54, 1.807) is 6.92 Å². The molecule has 0 aromatic rings. The lowest BCUT2D eigenvalue weighted by atomic mass is 9.98. The lowest BCUT2D eigenvalue weighted by molar-refractivity contribution is -0.146. The lowest BCUT2D eigenvalue weighted by Gasteiger charge is -2.18. The molecule has 0 bridgehead atoms. The number of esters is 1. The van der Waals surface area contributed by atoms with Gasteiger partial charge in [0.05, 0.1) is 13.7 Å². The topological polar surface area (TPSA) is 75.6 Å². The molecule has 1 amide bonds. The highest BCUT2D eigenvalue weighted by atomic mass is 16.5. The molecule has 0 aliphatic rings. The second-order valence-corrected chi connectivity index (χ2v) is 4.30. The van der Waals surface area contributed by atoms with Gasteiger partial charge in [-0.1, -0.05) is 20.8 Å². The molecule has 5 nitrogen and oxygen atoms in total. The Bertz CT molecular complexity index is 240. The van der Waals surface area contributed by atoms with Crippen LogP contribution in [0.2, 0.25) is 0 Å². The fourth-order valence-corrected chi connectivity index (χ4v) is 1.45. The molecule has 1 unspecified atom stereocenters. The molecular weight excluding hydrogens is 210 g/mol. The van der Waals surface area contributed by atoms with E-state index >= 15 is 0 Å². The van der Waals surface area contributed by atoms with Crippen LogP contribution < -0.4 is 5.32 Å². The molecule has 0 heterocycles. The molecule has 2 atom stereocenters. The summed E-state index contributed by atoms with van der Waals surface area (Å²) in [5, 5.41) is 11.4. The van der Waals surface area contributed by atoms with Crippen molar-refractivity contribution in [1.82, 2.24) is 5.32 Å². The largest absolute Gasteiger partial charge is 0.467 e. The summed E-state index contributed by atoms with van der Waals surface area (Å²) in [6.45, 7) is 5.38. The first-order valence-corrected chi connectivity index (χ1v) is 5.41. The highest BCUT2D eigenvalue weighted by Gasteiger charge is 2.23. The third kappa shape index (κ3) is 5.11. The van der Waals surface area contributed by atoms with Crippen molar-refractivity contribution in [3.05, 3.63) is 0 Å². The van der Waals surface area contributed by atoms with E-state index in [2.05, 4.69) is 10.1 Å². The Labute approximate surface area is 96.2 Å². The van der Waals surface area contributed by atoms with E-state index in [4.69, 9.17) is 5.11 Å². The quantitative estimate of drug-likeness (QED) is 0.645. The van der Waals surface area contributed by atoms with Crippen LogP contribution in [0.3, 0.4) is 0 Å². The van der Waals surface area contributed by atoms with Gasteiger partial charge in [-0.3, -0.25) is 4.79 Å². The molecule has 0 aromatic carbocycles. The average molecular weight is 231 g/mol. The van der Waals surface area contributed by atoms with Gasteiger partial charge in [-0.05, 0) is 12.3 Å². The minimum Gasteiger partial charge on any atom is -0.467 e. The molecule has 0 aromatic heterocycles.